The molecule has 1 saturated carbocycles. The van der Waals surface area contributed by atoms with Gasteiger partial charge in [0.15, 0.2) is 0 Å². The highest BCUT2D eigenvalue weighted by molar-refractivity contribution is 6.32. The number of aromatic nitrogens is 2. The Kier molecular flexibility index (Phi) is 5.56. The second kappa shape index (κ2) is 8.49. The highest BCUT2D eigenvalue weighted by Gasteiger charge is 2.28. The van der Waals surface area contributed by atoms with Crippen molar-refractivity contribution in [2.75, 3.05) is 13.1 Å². The van der Waals surface area contributed by atoms with E-state index in [2.05, 4.69) is 53.2 Å². The quantitative estimate of drug-likeness (QED) is 0.526. The first-order chi connectivity index (χ1) is 15.1. The molecule has 1 aliphatic carbocycles. The van der Waals surface area contributed by atoms with E-state index in [1.54, 1.807) is 0 Å². The first kappa shape index (κ1) is 20.3. The van der Waals surface area contributed by atoms with Crippen LogP contribution in [0, 0.1) is 18.3 Å². The predicted molar refractivity (Wildman–Crippen MR) is 124 cm³/mol. The maximum absolute atomic E-state index is 9.00. The van der Waals surface area contributed by atoms with E-state index in [9.17, 15) is 0 Å². The summed E-state index contributed by atoms with van der Waals surface area (Å²) >= 11 is 6.51. The maximum Gasteiger partial charge on any atom is 0.134 e. The minimum atomic E-state index is 0.562. The molecule has 2 heterocycles. The van der Waals surface area contributed by atoms with Crippen molar-refractivity contribution in [1.29, 1.82) is 5.26 Å². The van der Waals surface area contributed by atoms with Crippen molar-refractivity contribution in [3.63, 3.8) is 0 Å². The van der Waals surface area contributed by atoms with Crippen LogP contribution in [0.25, 0.3) is 11.3 Å². The number of piperidine rings is 1. The van der Waals surface area contributed by atoms with Crippen molar-refractivity contribution in [3.8, 4) is 17.3 Å². The minimum Gasteiger partial charge on any atom is -0.332 e. The number of rotatable bonds is 5. The van der Waals surface area contributed by atoms with E-state index in [-0.39, 0.29) is 0 Å². The molecule has 0 unspecified atom stereocenters. The fourth-order valence-corrected chi connectivity index (χ4v) is 4.87. The van der Waals surface area contributed by atoms with Gasteiger partial charge in [-0.15, -0.1) is 0 Å². The number of hydrogen-bond donors (Lipinski definition) is 1. The number of hydrogen-bond acceptors (Lipinski definition) is 3. The fourth-order valence-electron chi connectivity index (χ4n) is 4.63. The molecule has 4 nitrogen and oxygen atoms in total. The molecule has 2 aliphatic rings. The molecule has 0 radical (unpaired) electrons. The van der Waals surface area contributed by atoms with Crippen molar-refractivity contribution in [3.05, 3.63) is 75.7 Å². The summed E-state index contributed by atoms with van der Waals surface area (Å²) in [5.41, 5.74) is 6.64. The smallest absolute Gasteiger partial charge is 0.134 e. The lowest BCUT2D eigenvalue weighted by Crippen LogP contribution is -2.32. The molecular formula is C26H27ClN4. The molecule has 1 N–H and O–H groups in total. The van der Waals surface area contributed by atoms with Gasteiger partial charge in [0, 0.05) is 18.0 Å². The van der Waals surface area contributed by atoms with Crippen molar-refractivity contribution in [2.45, 2.75) is 51.0 Å². The number of nitrogens with zero attached hydrogens (tertiary/aromatic N) is 3. The monoisotopic (exact) mass is 430 g/mol. The highest BCUT2D eigenvalue weighted by atomic mass is 35.5. The second-order valence-corrected chi connectivity index (χ2v) is 9.37. The van der Waals surface area contributed by atoms with Crippen LogP contribution in [0.15, 0.2) is 42.5 Å². The Bertz CT molecular complexity index is 1110. The van der Waals surface area contributed by atoms with Gasteiger partial charge in [-0.2, -0.15) is 5.26 Å². The number of aromatic amines is 1. The lowest BCUT2D eigenvalue weighted by Gasteiger charge is -2.32. The molecule has 1 saturated heterocycles. The van der Waals surface area contributed by atoms with Crippen LogP contribution in [0.3, 0.4) is 0 Å². The SMILES string of the molecule is Cc1ccc(CN2CCC(c3ccc(C#N)cc3)CC2)cc1-c1nc(C2CC2)[nH]c1Cl. The average molecular weight is 431 g/mol. The number of halogens is 1. The third-order valence-electron chi connectivity index (χ3n) is 6.70. The lowest BCUT2D eigenvalue weighted by molar-refractivity contribution is 0.204. The molecule has 0 spiro atoms. The van der Waals surface area contributed by atoms with E-state index in [4.69, 9.17) is 21.8 Å². The molecule has 3 aromatic rings. The standard InChI is InChI=1S/C26H27ClN4/c1-17-2-3-19(14-23(17)24-25(27)30-26(29-24)22-8-9-22)16-31-12-10-21(11-13-31)20-6-4-18(15-28)5-7-20/h2-7,14,21-22H,8-13,16H2,1H3,(H,29,30). The summed E-state index contributed by atoms with van der Waals surface area (Å²) in [6.07, 6.45) is 4.72. The number of nitriles is 1. The Labute approximate surface area is 188 Å². The van der Waals surface area contributed by atoms with Crippen molar-refractivity contribution < 1.29 is 0 Å². The Morgan fingerprint density at radius 2 is 1.81 bits per heavy atom. The molecule has 2 fully saturated rings. The first-order valence-corrected chi connectivity index (χ1v) is 11.6. The molecule has 0 atom stereocenters. The normalized spacial score (nSPS) is 17.6. The highest BCUT2D eigenvalue weighted by Crippen LogP contribution is 2.41. The summed E-state index contributed by atoms with van der Waals surface area (Å²) in [4.78, 5) is 10.7. The fraction of sp³-hybridized carbons (Fsp3) is 0.385. The van der Waals surface area contributed by atoms with Crippen molar-refractivity contribution >= 4 is 11.6 Å². The summed E-state index contributed by atoms with van der Waals surface area (Å²) in [6.45, 7) is 5.25. The summed E-state index contributed by atoms with van der Waals surface area (Å²) < 4.78 is 0. The van der Waals surface area contributed by atoms with Crippen LogP contribution in [0.4, 0.5) is 0 Å². The Balaban J connectivity index is 1.26. The largest absolute Gasteiger partial charge is 0.332 e. The van der Waals surface area contributed by atoms with Crippen molar-refractivity contribution in [2.24, 2.45) is 0 Å². The number of H-pyrrole nitrogens is 1. The average Bonchev–Trinajstić information content (AvgIpc) is 3.58. The van der Waals surface area contributed by atoms with Gasteiger partial charge < -0.3 is 4.98 Å². The van der Waals surface area contributed by atoms with Gasteiger partial charge in [0.05, 0.1) is 11.6 Å². The van der Waals surface area contributed by atoms with E-state index in [1.807, 2.05) is 12.1 Å². The molecule has 0 amide bonds. The summed E-state index contributed by atoms with van der Waals surface area (Å²) in [7, 11) is 0. The van der Waals surface area contributed by atoms with E-state index < -0.39 is 0 Å². The van der Waals surface area contributed by atoms with Crippen LogP contribution in [0.2, 0.25) is 5.15 Å². The van der Waals surface area contributed by atoms with Gasteiger partial charge in [-0.05, 0) is 86.5 Å². The molecule has 2 aromatic carbocycles. The van der Waals surface area contributed by atoms with Crippen LogP contribution in [-0.4, -0.2) is 28.0 Å². The Morgan fingerprint density at radius 3 is 2.48 bits per heavy atom. The van der Waals surface area contributed by atoms with Gasteiger partial charge in [-0.1, -0.05) is 35.9 Å². The van der Waals surface area contributed by atoms with Gasteiger partial charge in [0.1, 0.15) is 16.7 Å². The molecule has 158 valence electrons. The Hall–Kier alpha value is -2.61. The number of benzene rings is 2. The third-order valence-corrected chi connectivity index (χ3v) is 6.98. The van der Waals surface area contributed by atoms with E-state index in [1.165, 1.54) is 29.5 Å². The number of nitrogens with one attached hydrogen (secondary N) is 1. The van der Waals surface area contributed by atoms with Crippen molar-refractivity contribution in [1.82, 2.24) is 14.9 Å². The summed E-state index contributed by atoms with van der Waals surface area (Å²) in [6, 6.07) is 17.0. The summed E-state index contributed by atoms with van der Waals surface area (Å²) in [5, 5.41) is 9.65. The van der Waals surface area contributed by atoms with Gasteiger partial charge in [-0.25, -0.2) is 4.98 Å². The van der Waals surface area contributed by atoms with Crippen LogP contribution >= 0.6 is 11.6 Å². The number of aryl methyl sites for hydroxylation is 1. The summed E-state index contributed by atoms with van der Waals surface area (Å²) in [5.74, 6) is 2.18. The zero-order valence-corrected chi connectivity index (χ0v) is 18.6. The van der Waals surface area contributed by atoms with E-state index in [0.717, 1.165) is 55.1 Å². The Morgan fingerprint density at radius 1 is 1.06 bits per heavy atom. The molecule has 5 rings (SSSR count). The van der Waals surface area contributed by atoms with Gasteiger partial charge in [0.25, 0.3) is 0 Å². The van der Waals surface area contributed by atoms with Crippen LogP contribution in [-0.2, 0) is 6.54 Å². The molecular weight excluding hydrogens is 404 g/mol. The van der Waals surface area contributed by atoms with E-state index in [0.29, 0.717) is 17.0 Å². The molecule has 31 heavy (non-hydrogen) atoms. The molecule has 1 aliphatic heterocycles. The second-order valence-electron chi connectivity index (χ2n) is 8.99. The molecule has 5 heteroatoms. The third kappa shape index (κ3) is 4.39. The number of likely N-dealkylation sites (tertiary alicyclic amines) is 1. The zero-order valence-electron chi connectivity index (χ0n) is 17.9. The van der Waals surface area contributed by atoms with E-state index >= 15 is 0 Å². The van der Waals surface area contributed by atoms with Crippen LogP contribution in [0.5, 0.6) is 0 Å². The van der Waals surface area contributed by atoms with Gasteiger partial charge in [-0.3, -0.25) is 4.90 Å². The molecule has 0 bridgehead atoms. The van der Waals surface area contributed by atoms with Gasteiger partial charge >= 0.3 is 0 Å². The topological polar surface area (TPSA) is 55.7 Å². The van der Waals surface area contributed by atoms with Crippen LogP contribution in [0.1, 0.15) is 65.6 Å². The predicted octanol–water partition coefficient (Wildman–Crippen LogP) is 6.17. The lowest BCUT2D eigenvalue weighted by atomic mass is 9.89. The number of imidazole rings is 1. The maximum atomic E-state index is 9.00. The van der Waals surface area contributed by atoms with Gasteiger partial charge in [0.2, 0.25) is 0 Å². The zero-order chi connectivity index (χ0) is 21.4. The minimum absolute atomic E-state index is 0.562. The first-order valence-electron chi connectivity index (χ1n) is 11.2. The molecule has 1 aromatic heterocycles. The van der Waals surface area contributed by atoms with Crippen LogP contribution < -0.4 is 0 Å².